The van der Waals surface area contributed by atoms with Gasteiger partial charge in [0, 0.05) is 12.3 Å². The van der Waals surface area contributed by atoms with Crippen molar-refractivity contribution in [3.63, 3.8) is 0 Å². The third kappa shape index (κ3) is 7.75. The van der Waals surface area contributed by atoms with Crippen LogP contribution in [0.5, 0.6) is 0 Å². The highest BCUT2D eigenvalue weighted by Crippen LogP contribution is 2.28. The third-order valence-electron chi connectivity index (χ3n) is 6.02. The summed E-state index contributed by atoms with van der Waals surface area (Å²) < 4.78 is 10.4. The van der Waals surface area contributed by atoms with Crippen LogP contribution in [0.4, 0.5) is 4.79 Å². The Morgan fingerprint density at radius 3 is 2.06 bits per heavy atom. The summed E-state index contributed by atoms with van der Waals surface area (Å²) in [7, 11) is 0. The molecule has 2 aromatic carbocycles. The molecule has 2 aromatic rings. The Bertz CT molecular complexity index is 1040. The summed E-state index contributed by atoms with van der Waals surface area (Å²) in [4.78, 5) is 50.6. The Morgan fingerprint density at radius 2 is 1.49 bits per heavy atom. The first-order chi connectivity index (χ1) is 16.7. The number of alkyl carbamates (subject to hydrolysis) is 1. The van der Waals surface area contributed by atoms with Crippen LogP contribution in [0, 0.1) is 5.92 Å². The second-order valence-corrected chi connectivity index (χ2v) is 9.10. The molecule has 0 bridgehead atoms. The van der Waals surface area contributed by atoms with E-state index in [-0.39, 0.29) is 24.6 Å². The molecule has 0 aromatic heterocycles. The summed E-state index contributed by atoms with van der Waals surface area (Å²) in [5.74, 6) is -1.62. The molecule has 0 unspecified atom stereocenters. The molecule has 1 fully saturated rings. The minimum absolute atomic E-state index is 0.0845. The zero-order chi connectivity index (χ0) is 25.4. The number of epoxide rings is 1. The monoisotopic (exact) mass is 480 g/mol. The van der Waals surface area contributed by atoms with Crippen LogP contribution in [0.3, 0.4) is 0 Å². The van der Waals surface area contributed by atoms with E-state index in [9.17, 15) is 19.2 Å². The van der Waals surface area contributed by atoms with Gasteiger partial charge < -0.3 is 20.1 Å². The van der Waals surface area contributed by atoms with E-state index in [1.165, 1.54) is 0 Å². The molecule has 1 heterocycles. The van der Waals surface area contributed by atoms with Crippen LogP contribution in [-0.2, 0) is 36.9 Å². The Kier molecular flexibility index (Phi) is 8.76. The molecule has 2 amide bonds. The number of hydrogen-bond acceptors (Lipinski definition) is 6. The normalized spacial score (nSPS) is 19.1. The van der Waals surface area contributed by atoms with Crippen molar-refractivity contribution in [3.8, 4) is 0 Å². The van der Waals surface area contributed by atoms with Crippen molar-refractivity contribution in [2.75, 3.05) is 6.61 Å². The van der Waals surface area contributed by atoms with Gasteiger partial charge in [0.2, 0.25) is 5.91 Å². The number of hydrogen-bond donors (Lipinski definition) is 2. The number of ketones is 2. The molecule has 1 saturated heterocycles. The molecule has 3 rings (SSSR count). The summed E-state index contributed by atoms with van der Waals surface area (Å²) in [5.41, 5.74) is 0.867. The van der Waals surface area contributed by atoms with E-state index in [2.05, 4.69) is 10.6 Å². The topological polar surface area (TPSA) is 114 Å². The summed E-state index contributed by atoms with van der Waals surface area (Å²) in [6, 6.07) is 17.0. The van der Waals surface area contributed by atoms with E-state index in [4.69, 9.17) is 9.47 Å². The maximum Gasteiger partial charge on any atom is 0.408 e. The number of rotatable bonds is 12. The van der Waals surface area contributed by atoms with Gasteiger partial charge in [0.05, 0.1) is 18.7 Å². The van der Waals surface area contributed by atoms with E-state index < -0.39 is 35.6 Å². The van der Waals surface area contributed by atoms with Crippen LogP contribution in [0.2, 0.25) is 0 Å². The molecule has 0 spiro atoms. The lowest BCUT2D eigenvalue weighted by atomic mass is 9.91. The van der Waals surface area contributed by atoms with Crippen LogP contribution in [0.25, 0.3) is 0 Å². The van der Waals surface area contributed by atoms with Crippen LogP contribution in [0.15, 0.2) is 60.7 Å². The average molecular weight is 481 g/mol. The van der Waals surface area contributed by atoms with Gasteiger partial charge in [-0.25, -0.2) is 4.79 Å². The van der Waals surface area contributed by atoms with E-state index in [1.807, 2.05) is 60.7 Å². The largest absolute Gasteiger partial charge is 0.445 e. The molecule has 0 saturated carbocycles. The van der Waals surface area contributed by atoms with Crippen LogP contribution < -0.4 is 10.6 Å². The number of ether oxygens (including phenoxy) is 2. The fourth-order valence-corrected chi connectivity index (χ4v) is 3.70. The fourth-order valence-electron chi connectivity index (χ4n) is 3.70. The van der Waals surface area contributed by atoms with Gasteiger partial charge in [-0.05, 0) is 38.3 Å². The standard InChI is InChI=1S/C27H32N2O6/c1-18(29-26(33)34-16-21-12-8-5-9-13-21)23(30)15-22(14-20-10-6-4-7-11-20)25(32)28-19(2)24(31)27(3)17-35-27/h4-13,18-19,22H,14-17H2,1-3H3,(H,28,32)(H,29,33)/t18-,19-,22+,27+/m0/s1. The molecular formula is C27H32N2O6. The van der Waals surface area contributed by atoms with Crippen molar-refractivity contribution < 1.29 is 28.7 Å². The first-order valence-electron chi connectivity index (χ1n) is 11.7. The van der Waals surface area contributed by atoms with Gasteiger partial charge in [0.15, 0.2) is 11.6 Å². The lowest BCUT2D eigenvalue weighted by molar-refractivity contribution is -0.133. The molecule has 4 atom stereocenters. The zero-order valence-electron chi connectivity index (χ0n) is 20.3. The molecule has 35 heavy (non-hydrogen) atoms. The number of amides is 2. The average Bonchev–Trinajstić information content (AvgIpc) is 3.61. The third-order valence-corrected chi connectivity index (χ3v) is 6.02. The molecule has 1 aliphatic heterocycles. The minimum Gasteiger partial charge on any atom is -0.445 e. The lowest BCUT2D eigenvalue weighted by Gasteiger charge is -2.22. The molecule has 8 heteroatoms. The minimum atomic E-state index is -0.851. The first kappa shape index (κ1) is 26.1. The van der Waals surface area contributed by atoms with Gasteiger partial charge in [-0.15, -0.1) is 0 Å². The van der Waals surface area contributed by atoms with E-state index in [0.717, 1.165) is 11.1 Å². The Hall–Kier alpha value is -3.52. The Balaban J connectivity index is 1.58. The molecule has 8 nitrogen and oxygen atoms in total. The van der Waals surface area contributed by atoms with Gasteiger partial charge in [0.1, 0.15) is 12.2 Å². The Labute approximate surface area is 205 Å². The van der Waals surface area contributed by atoms with Gasteiger partial charge in [0.25, 0.3) is 0 Å². The summed E-state index contributed by atoms with van der Waals surface area (Å²) in [6.45, 7) is 5.28. The summed E-state index contributed by atoms with van der Waals surface area (Å²) >= 11 is 0. The number of carbonyl (C=O) groups excluding carboxylic acids is 4. The van der Waals surface area contributed by atoms with E-state index in [1.54, 1.807) is 20.8 Å². The quantitative estimate of drug-likeness (QED) is 0.452. The maximum absolute atomic E-state index is 13.1. The predicted octanol–water partition coefficient (Wildman–Crippen LogP) is 2.98. The van der Waals surface area contributed by atoms with Crippen LogP contribution >= 0.6 is 0 Å². The van der Waals surface area contributed by atoms with Gasteiger partial charge in [-0.2, -0.15) is 0 Å². The predicted molar refractivity (Wildman–Crippen MR) is 129 cm³/mol. The highest BCUT2D eigenvalue weighted by molar-refractivity contribution is 5.97. The fraction of sp³-hybridized carbons (Fsp3) is 0.407. The van der Waals surface area contributed by atoms with Crippen molar-refractivity contribution >= 4 is 23.6 Å². The van der Waals surface area contributed by atoms with Gasteiger partial charge >= 0.3 is 6.09 Å². The molecular weight excluding hydrogens is 448 g/mol. The van der Waals surface area contributed by atoms with Crippen molar-refractivity contribution in [2.24, 2.45) is 5.92 Å². The number of Topliss-reactive ketones (excluding diaryl/α,β-unsaturated/α-hetero) is 2. The number of nitrogens with one attached hydrogen (secondary N) is 2. The van der Waals surface area contributed by atoms with Crippen LogP contribution in [-0.4, -0.2) is 47.9 Å². The van der Waals surface area contributed by atoms with Gasteiger partial charge in [-0.3, -0.25) is 14.4 Å². The number of benzene rings is 2. The second kappa shape index (κ2) is 11.8. The maximum atomic E-state index is 13.1. The van der Waals surface area contributed by atoms with E-state index in [0.29, 0.717) is 13.0 Å². The van der Waals surface area contributed by atoms with Crippen LogP contribution in [0.1, 0.15) is 38.3 Å². The number of carbonyl (C=O) groups is 4. The SMILES string of the molecule is C[C@H](NC(=O)OCc1ccccc1)C(=O)C[C@@H](Cc1ccccc1)C(=O)N[C@@H](C)C(=O)[C@@]1(C)CO1. The van der Waals surface area contributed by atoms with Crippen molar-refractivity contribution in [1.82, 2.24) is 10.6 Å². The summed E-state index contributed by atoms with van der Waals surface area (Å²) in [6.07, 6.45) is -0.496. The van der Waals surface area contributed by atoms with Crippen molar-refractivity contribution in [2.45, 2.75) is 57.9 Å². The van der Waals surface area contributed by atoms with Crippen molar-refractivity contribution in [3.05, 3.63) is 71.8 Å². The second-order valence-electron chi connectivity index (χ2n) is 9.10. The Morgan fingerprint density at radius 1 is 0.914 bits per heavy atom. The lowest BCUT2D eigenvalue weighted by Crippen LogP contribution is -2.47. The molecule has 186 valence electrons. The zero-order valence-corrected chi connectivity index (χ0v) is 20.3. The smallest absolute Gasteiger partial charge is 0.408 e. The van der Waals surface area contributed by atoms with E-state index >= 15 is 0 Å². The molecule has 0 radical (unpaired) electrons. The van der Waals surface area contributed by atoms with Crippen molar-refractivity contribution in [1.29, 1.82) is 0 Å². The molecule has 2 N–H and O–H groups in total. The highest BCUT2D eigenvalue weighted by atomic mass is 16.6. The molecule has 0 aliphatic carbocycles. The molecule has 1 aliphatic rings. The first-order valence-corrected chi connectivity index (χ1v) is 11.7. The highest BCUT2D eigenvalue weighted by Gasteiger charge is 2.49. The van der Waals surface area contributed by atoms with Gasteiger partial charge in [-0.1, -0.05) is 60.7 Å². The summed E-state index contributed by atoms with van der Waals surface area (Å²) in [5, 5.41) is 5.27.